The SMILES string of the molecule is CCCN(Cc1cccn1Cc1ccc(C(=O)NCc2ccccc2)o1)C(=O)c1ccc(C)cc1. The van der Waals surface area contributed by atoms with Crippen LogP contribution in [0.1, 0.15) is 56.8 Å². The molecule has 2 heterocycles. The van der Waals surface area contributed by atoms with Crippen LogP contribution in [0.3, 0.4) is 0 Å². The van der Waals surface area contributed by atoms with Gasteiger partial charge in [-0.15, -0.1) is 0 Å². The summed E-state index contributed by atoms with van der Waals surface area (Å²) >= 11 is 0. The number of rotatable bonds is 10. The number of benzene rings is 2. The third-order valence-corrected chi connectivity index (χ3v) is 5.86. The van der Waals surface area contributed by atoms with Gasteiger partial charge in [-0.3, -0.25) is 9.59 Å². The van der Waals surface area contributed by atoms with Crippen LogP contribution in [0.15, 0.2) is 89.5 Å². The van der Waals surface area contributed by atoms with E-state index < -0.39 is 0 Å². The van der Waals surface area contributed by atoms with Crippen molar-refractivity contribution < 1.29 is 14.0 Å². The normalized spacial score (nSPS) is 10.8. The average molecular weight is 470 g/mol. The highest BCUT2D eigenvalue weighted by atomic mass is 16.4. The topological polar surface area (TPSA) is 67.5 Å². The molecule has 0 aliphatic carbocycles. The Balaban J connectivity index is 1.40. The fraction of sp³-hybridized carbons (Fsp3) is 0.241. The molecule has 0 spiro atoms. The van der Waals surface area contributed by atoms with Gasteiger partial charge in [-0.25, -0.2) is 0 Å². The fourth-order valence-corrected chi connectivity index (χ4v) is 3.96. The molecule has 0 unspecified atom stereocenters. The number of carbonyl (C=O) groups is 2. The summed E-state index contributed by atoms with van der Waals surface area (Å²) in [6, 6.07) is 24.9. The van der Waals surface area contributed by atoms with Gasteiger partial charge in [0.15, 0.2) is 5.76 Å². The molecule has 1 N–H and O–H groups in total. The first-order chi connectivity index (χ1) is 17.0. The van der Waals surface area contributed by atoms with Gasteiger partial charge in [0.05, 0.1) is 13.1 Å². The predicted octanol–water partition coefficient (Wildman–Crippen LogP) is 5.42. The highest BCUT2D eigenvalue weighted by molar-refractivity contribution is 5.94. The first-order valence-electron chi connectivity index (χ1n) is 11.9. The van der Waals surface area contributed by atoms with Crippen LogP contribution in [0.25, 0.3) is 0 Å². The molecular weight excluding hydrogens is 438 g/mol. The molecule has 0 bridgehead atoms. The van der Waals surface area contributed by atoms with Gasteiger partial charge in [-0.05, 0) is 55.3 Å². The van der Waals surface area contributed by atoms with Crippen LogP contribution in [0, 0.1) is 6.92 Å². The summed E-state index contributed by atoms with van der Waals surface area (Å²) in [5.74, 6) is 0.742. The Morgan fingerprint density at radius 2 is 1.71 bits per heavy atom. The minimum absolute atomic E-state index is 0.0231. The maximum absolute atomic E-state index is 13.1. The van der Waals surface area contributed by atoms with Crippen molar-refractivity contribution in [1.29, 1.82) is 0 Å². The number of amides is 2. The number of hydrogen-bond donors (Lipinski definition) is 1. The Morgan fingerprint density at radius 3 is 2.46 bits per heavy atom. The summed E-state index contributed by atoms with van der Waals surface area (Å²) in [4.78, 5) is 27.5. The molecule has 2 aromatic carbocycles. The molecule has 0 aliphatic heterocycles. The second-order valence-electron chi connectivity index (χ2n) is 8.65. The molecule has 180 valence electrons. The number of aryl methyl sites for hydroxylation is 1. The number of carbonyl (C=O) groups excluding carboxylic acids is 2. The van der Waals surface area contributed by atoms with Gasteiger partial charge in [-0.2, -0.15) is 0 Å². The van der Waals surface area contributed by atoms with Gasteiger partial charge < -0.3 is 19.2 Å². The van der Waals surface area contributed by atoms with Gasteiger partial charge in [0.1, 0.15) is 5.76 Å². The van der Waals surface area contributed by atoms with Gasteiger partial charge in [0.2, 0.25) is 0 Å². The molecule has 0 radical (unpaired) electrons. The molecule has 4 aromatic rings. The van der Waals surface area contributed by atoms with Crippen molar-refractivity contribution in [1.82, 2.24) is 14.8 Å². The molecule has 2 amide bonds. The van der Waals surface area contributed by atoms with Crippen molar-refractivity contribution in [2.24, 2.45) is 0 Å². The molecule has 0 aliphatic rings. The van der Waals surface area contributed by atoms with Crippen molar-refractivity contribution in [2.45, 2.75) is 39.9 Å². The van der Waals surface area contributed by atoms with E-state index in [0.717, 1.165) is 23.2 Å². The van der Waals surface area contributed by atoms with E-state index in [1.165, 1.54) is 0 Å². The zero-order valence-electron chi connectivity index (χ0n) is 20.2. The predicted molar refractivity (Wildman–Crippen MR) is 136 cm³/mol. The van der Waals surface area contributed by atoms with Crippen LogP contribution in [0.2, 0.25) is 0 Å². The smallest absolute Gasteiger partial charge is 0.287 e. The molecule has 0 fully saturated rings. The second-order valence-corrected chi connectivity index (χ2v) is 8.65. The quantitative estimate of drug-likeness (QED) is 0.337. The highest BCUT2D eigenvalue weighted by Gasteiger charge is 2.18. The standard InChI is InChI=1S/C29H31N3O3/c1-3-17-32(29(34)24-13-11-22(2)12-14-24)20-25-10-7-18-31(25)21-26-15-16-27(35-26)28(33)30-19-23-8-5-4-6-9-23/h4-16,18H,3,17,19-21H2,1-2H3,(H,30,33). The van der Waals surface area contributed by atoms with Crippen molar-refractivity contribution in [3.8, 4) is 0 Å². The average Bonchev–Trinajstić information content (AvgIpc) is 3.53. The molecule has 6 nitrogen and oxygen atoms in total. The lowest BCUT2D eigenvalue weighted by Gasteiger charge is -2.23. The monoisotopic (exact) mass is 469 g/mol. The Labute approximate surface area is 206 Å². The van der Waals surface area contributed by atoms with Gasteiger partial charge in [-0.1, -0.05) is 55.0 Å². The first kappa shape index (κ1) is 24.1. The van der Waals surface area contributed by atoms with Crippen LogP contribution in [-0.4, -0.2) is 27.8 Å². The molecule has 0 saturated heterocycles. The maximum Gasteiger partial charge on any atom is 0.287 e. The van der Waals surface area contributed by atoms with Gasteiger partial charge in [0.25, 0.3) is 11.8 Å². The zero-order chi connectivity index (χ0) is 24.6. The molecule has 4 rings (SSSR count). The summed E-state index contributed by atoms with van der Waals surface area (Å²) in [7, 11) is 0. The lowest BCUT2D eigenvalue weighted by molar-refractivity contribution is 0.0739. The largest absolute Gasteiger partial charge is 0.454 e. The van der Waals surface area contributed by atoms with Crippen molar-refractivity contribution in [3.05, 3.63) is 119 Å². The van der Waals surface area contributed by atoms with Crippen LogP contribution in [0.5, 0.6) is 0 Å². The van der Waals surface area contributed by atoms with E-state index in [1.54, 1.807) is 6.07 Å². The Hall–Kier alpha value is -4.06. The summed E-state index contributed by atoms with van der Waals surface area (Å²) in [6.45, 7) is 6.18. The zero-order valence-corrected chi connectivity index (χ0v) is 20.2. The number of hydrogen-bond acceptors (Lipinski definition) is 3. The van der Waals surface area contributed by atoms with Crippen LogP contribution < -0.4 is 5.32 Å². The number of nitrogens with one attached hydrogen (secondary N) is 1. The van der Waals surface area contributed by atoms with E-state index in [1.807, 2.05) is 90.8 Å². The first-order valence-corrected chi connectivity index (χ1v) is 11.9. The van der Waals surface area contributed by atoms with E-state index in [2.05, 4.69) is 16.8 Å². The van der Waals surface area contributed by atoms with Crippen LogP contribution in [0.4, 0.5) is 0 Å². The Bertz CT molecular complexity index is 1260. The molecule has 0 atom stereocenters. The summed E-state index contributed by atoms with van der Waals surface area (Å²) in [5, 5.41) is 2.89. The lowest BCUT2D eigenvalue weighted by Crippen LogP contribution is -2.32. The highest BCUT2D eigenvalue weighted by Crippen LogP contribution is 2.16. The Kier molecular flexibility index (Phi) is 7.83. The van der Waals surface area contributed by atoms with E-state index >= 15 is 0 Å². The van der Waals surface area contributed by atoms with E-state index in [-0.39, 0.29) is 17.6 Å². The third-order valence-electron chi connectivity index (χ3n) is 5.86. The molecule has 6 heteroatoms. The molecular formula is C29H31N3O3. The van der Waals surface area contributed by atoms with E-state index in [4.69, 9.17) is 4.42 Å². The van der Waals surface area contributed by atoms with Gasteiger partial charge in [0, 0.05) is 30.5 Å². The second kappa shape index (κ2) is 11.4. The molecule has 0 saturated carbocycles. The van der Waals surface area contributed by atoms with Gasteiger partial charge >= 0.3 is 0 Å². The van der Waals surface area contributed by atoms with E-state index in [9.17, 15) is 9.59 Å². The van der Waals surface area contributed by atoms with Crippen LogP contribution >= 0.6 is 0 Å². The van der Waals surface area contributed by atoms with E-state index in [0.29, 0.717) is 37.5 Å². The van der Waals surface area contributed by atoms with Crippen molar-refractivity contribution in [3.63, 3.8) is 0 Å². The third kappa shape index (κ3) is 6.29. The lowest BCUT2D eigenvalue weighted by atomic mass is 10.1. The summed E-state index contributed by atoms with van der Waals surface area (Å²) in [6.07, 6.45) is 2.84. The number of aromatic nitrogens is 1. The summed E-state index contributed by atoms with van der Waals surface area (Å²) in [5.41, 5.74) is 3.86. The molecule has 35 heavy (non-hydrogen) atoms. The summed E-state index contributed by atoms with van der Waals surface area (Å²) < 4.78 is 7.88. The Morgan fingerprint density at radius 1 is 0.943 bits per heavy atom. The maximum atomic E-state index is 13.1. The van der Waals surface area contributed by atoms with Crippen LogP contribution in [-0.2, 0) is 19.6 Å². The minimum Gasteiger partial charge on any atom is -0.454 e. The number of furan rings is 1. The van der Waals surface area contributed by atoms with Crippen molar-refractivity contribution >= 4 is 11.8 Å². The number of nitrogens with zero attached hydrogens (tertiary/aromatic N) is 2. The minimum atomic E-state index is -0.245. The van der Waals surface area contributed by atoms with Crippen molar-refractivity contribution in [2.75, 3.05) is 6.54 Å². The molecule has 2 aromatic heterocycles. The fourth-order valence-electron chi connectivity index (χ4n) is 3.96.